The van der Waals surface area contributed by atoms with E-state index >= 15 is 0 Å². The Labute approximate surface area is 207 Å². The van der Waals surface area contributed by atoms with Crippen LogP contribution in [0.4, 0.5) is 26.0 Å². The first-order valence-corrected chi connectivity index (χ1v) is 11.7. The SMILES string of the molecule is C=C(F)C(=O)Nc1cc2c(Nc3ccc(F)c(Cl)c3)ncnc2cc1OCC[C@@H]1CCCCN1C. The molecule has 1 saturated heterocycles. The number of ether oxygens (including phenoxy) is 1. The molecule has 1 amide bonds. The number of carbonyl (C=O) groups excluding carboxylic acids is 1. The number of halogens is 3. The molecule has 0 radical (unpaired) electrons. The minimum absolute atomic E-state index is 0.0398. The Morgan fingerprint density at radius 1 is 1.29 bits per heavy atom. The van der Waals surface area contributed by atoms with E-state index in [-0.39, 0.29) is 10.7 Å². The van der Waals surface area contributed by atoms with Crippen molar-refractivity contribution in [1.82, 2.24) is 14.9 Å². The van der Waals surface area contributed by atoms with Crippen LogP contribution in [-0.4, -0.2) is 47.0 Å². The van der Waals surface area contributed by atoms with Crippen molar-refractivity contribution in [1.29, 1.82) is 0 Å². The number of aromatic nitrogens is 2. The average Bonchev–Trinajstić information content (AvgIpc) is 2.83. The van der Waals surface area contributed by atoms with Gasteiger partial charge in [0.2, 0.25) is 0 Å². The van der Waals surface area contributed by atoms with Crippen LogP contribution in [0.5, 0.6) is 5.75 Å². The van der Waals surface area contributed by atoms with Crippen molar-refractivity contribution < 1.29 is 18.3 Å². The molecule has 35 heavy (non-hydrogen) atoms. The highest BCUT2D eigenvalue weighted by molar-refractivity contribution is 6.31. The maximum Gasteiger partial charge on any atom is 0.283 e. The average molecular weight is 502 g/mol. The molecule has 3 aromatic rings. The number of nitrogens with zero attached hydrogens (tertiary/aromatic N) is 3. The zero-order valence-corrected chi connectivity index (χ0v) is 20.0. The van der Waals surface area contributed by atoms with Crippen molar-refractivity contribution in [2.45, 2.75) is 31.7 Å². The zero-order chi connectivity index (χ0) is 24.9. The predicted octanol–water partition coefficient (Wildman–Crippen LogP) is 5.84. The Morgan fingerprint density at radius 3 is 2.86 bits per heavy atom. The summed E-state index contributed by atoms with van der Waals surface area (Å²) >= 11 is 5.89. The smallest absolute Gasteiger partial charge is 0.283 e. The fraction of sp³-hybridized carbons (Fsp3) is 0.320. The number of fused-ring (bicyclic) bond motifs is 1. The molecular formula is C25H26ClF2N5O2. The van der Waals surface area contributed by atoms with Crippen molar-refractivity contribution in [2.75, 3.05) is 30.8 Å². The first-order valence-electron chi connectivity index (χ1n) is 11.3. The molecule has 1 fully saturated rings. The van der Waals surface area contributed by atoms with Gasteiger partial charge in [0.05, 0.1) is 22.8 Å². The molecule has 0 aliphatic carbocycles. The maximum absolute atomic E-state index is 13.5. The van der Waals surface area contributed by atoms with Crippen molar-refractivity contribution in [2.24, 2.45) is 0 Å². The number of likely N-dealkylation sites (tertiary alicyclic amines) is 1. The Balaban J connectivity index is 1.62. The molecule has 4 rings (SSSR count). The molecule has 1 atom stereocenters. The number of anilines is 3. The van der Waals surface area contributed by atoms with Crippen molar-refractivity contribution in [3.63, 3.8) is 0 Å². The van der Waals surface area contributed by atoms with Crippen LogP contribution in [0.1, 0.15) is 25.7 Å². The van der Waals surface area contributed by atoms with Crippen LogP contribution in [0.3, 0.4) is 0 Å². The number of carbonyl (C=O) groups is 1. The van der Waals surface area contributed by atoms with E-state index in [1.54, 1.807) is 12.1 Å². The van der Waals surface area contributed by atoms with Gasteiger partial charge in [-0.2, -0.15) is 0 Å². The summed E-state index contributed by atoms with van der Waals surface area (Å²) in [5.74, 6) is -1.88. The van der Waals surface area contributed by atoms with Gasteiger partial charge in [-0.25, -0.2) is 18.7 Å². The number of nitrogens with one attached hydrogen (secondary N) is 2. The number of amides is 1. The quantitative estimate of drug-likeness (QED) is 0.377. The summed E-state index contributed by atoms with van der Waals surface area (Å²) in [4.78, 5) is 23.0. The summed E-state index contributed by atoms with van der Waals surface area (Å²) in [7, 11) is 2.11. The summed E-state index contributed by atoms with van der Waals surface area (Å²) in [6, 6.07) is 7.88. The second kappa shape index (κ2) is 11.0. The second-order valence-electron chi connectivity index (χ2n) is 8.47. The number of benzene rings is 2. The highest BCUT2D eigenvalue weighted by atomic mass is 35.5. The van der Waals surface area contributed by atoms with Crippen LogP contribution in [-0.2, 0) is 4.79 Å². The van der Waals surface area contributed by atoms with Gasteiger partial charge >= 0.3 is 0 Å². The van der Waals surface area contributed by atoms with Gasteiger partial charge in [0.15, 0.2) is 5.83 Å². The highest BCUT2D eigenvalue weighted by Gasteiger charge is 2.20. The molecule has 1 aliphatic rings. The van der Waals surface area contributed by atoms with Gasteiger partial charge in [0.1, 0.15) is 23.7 Å². The Kier molecular flexibility index (Phi) is 7.77. The summed E-state index contributed by atoms with van der Waals surface area (Å²) in [6.45, 7) is 4.54. The summed E-state index contributed by atoms with van der Waals surface area (Å²) in [6.07, 6.45) is 5.69. The lowest BCUT2D eigenvalue weighted by atomic mass is 10.0. The third-order valence-electron chi connectivity index (χ3n) is 6.04. The van der Waals surface area contributed by atoms with Crippen LogP contribution in [0.2, 0.25) is 5.02 Å². The lowest BCUT2D eigenvalue weighted by Gasteiger charge is -2.32. The Bertz CT molecular complexity index is 1260. The summed E-state index contributed by atoms with van der Waals surface area (Å²) in [5, 5.41) is 6.07. The molecule has 1 aliphatic heterocycles. The molecule has 0 spiro atoms. The van der Waals surface area contributed by atoms with E-state index in [4.69, 9.17) is 16.3 Å². The van der Waals surface area contributed by atoms with Crippen LogP contribution < -0.4 is 15.4 Å². The fourth-order valence-electron chi connectivity index (χ4n) is 4.12. The van der Waals surface area contributed by atoms with Crippen LogP contribution >= 0.6 is 11.6 Å². The number of piperidine rings is 1. The molecule has 184 valence electrons. The molecule has 2 heterocycles. The van der Waals surface area contributed by atoms with E-state index in [1.165, 1.54) is 37.4 Å². The van der Waals surface area contributed by atoms with Crippen LogP contribution in [0.25, 0.3) is 10.9 Å². The van der Waals surface area contributed by atoms with Crippen molar-refractivity contribution >= 4 is 45.6 Å². The fourth-order valence-corrected chi connectivity index (χ4v) is 4.30. The molecular weight excluding hydrogens is 476 g/mol. The summed E-state index contributed by atoms with van der Waals surface area (Å²) < 4.78 is 33.0. The largest absolute Gasteiger partial charge is 0.491 e. The minimum atomic E-state index is -1.12. The second-order valence-corrected chi connectivity index (χ2v) is 8.88. The van der Waals surface area contributed by atoms with Crippen LogP contribution in [0, 0.1) is 5.82 Å². The van der Waals surface area contributed by atoms with E-state index < -0.39 is 17.6 Å². The van der Waals surface area contributed by atoms with Crippen molar-refractivity contribution in [3.05, 3.63) is 59.9 Å². The Hall–Kier alpha value is -3.30. The molecule has 0 saturated carbocycles. The highest BCUT2D eigenvalue weighted by Crippen LogP contribution is 2.34. The molecule has 2 N–H and O–H groups in total. The lowest BCUT2D eigenvalue weighted by molar-refractivity contribution is -0.114. The Morgan fingerprint density at radius 2 is 2.11 bits per heavy atom. The molecule has 1 aromatic heterocycles. The number of rotatable bonds is 8. The van der Waals surface area contributed by atoms with E-state index in [1.807, 2.05) is 0 Å². The first-order chi connectivity index (χ1) is 16.8. The van der Waals surface area contributed by atoms with Crippen LogP contribution in [0.15, 0.2) is 49.1 Å². The monoisotopic (exact) mass is 501 g/mol. The third kappa shape index (κ3) is 6.04. The normalized spacial score (nSPS) is 16.2. The van der Waals surface area contributed by atoms with Gasteiger partial charge in [-0.15, -0.1) is 0 Å². The van der Waals surface area contributed by atoms with Gasteiger partial charge in [0.25, 0.3) is 5.91 Å². The van der Waals surface area contributed by atoms with E-state index in [2.05, 4.69) is 39.1 Å². The van der Waals surface area contributed by atoms with Gasteiger partial charge in [-0.3, -0.25) is 4.79 Å². The standard InChI is InChI=1S/C25H26ClF2N5O2/c1-15(27)25(34)32-22-12-18-21(13-23(22)35-10-8-17-5-3-4-9-33(17)2)29-14-30-24(18)31-16-6-7-20(28)19(26)11-16/h6-7,11-14,17H,1,3-5,8-10H2,2H3,(H,32,34)(H,29,30,31)/t17-/m0/s1. The zero-order valence-electron chi connectivity index (χ0n) is 19.3. The van der Waals surface area contributed by atoms with Gasteiger partial charge in [0, 0.05) is 23.2 Å². The molecule has 2 aromatic carbocycles. The molecule has 7 nitrogen and oxygen atoms in total. The minimum Gasteiger partial charge on any atom is -0.491 e. The summed E-state index contributed by atoms with van der Waals surface area (Å²) in [5.41, 5.74) is 1.31. The number of hydrogen-bond acceptors (Lipinski definition) is 6. The number of hydrogen-bond donors (Lipinski definition) is 2. The van der Waals surface area contributed by atoms with E-state index in [0.29, 0.717) is 40.8 Å². The predicted molar refractivity (Wildman–Crippen MR) is 133 cm³/mol. The topological polar surface area (TPSA) is 79.4 Å². The van der Waals surface area contributed by atoms with Crippen molar-refractivity contribution in [3.8, 4) is 5.75 Å². The van der Waals surface area contributed by atoms with Gasteiger partial charge < -0.3 is 20.3 Å². The van der Waals surface area contributed by atoms with Gasteiger partial charge in [-0.05, 0) is 57.1 Å². The molecule has 10 heteroatoms. The molecule has 0 unspecified atom stereocenters. The molecule has 0 bridgehead atoms. The van der Waals surface area contributed by atoms with E-state index in [9.17, 15) is 13.6 Å². The maximum atomic E-state index is 13.5. The van der Waals surface area contributed by atoms with Gasteiger partial charge in [-0.1, -0.05) is 24.6 Å². The first kappa shape index (κ1) is 24.8. The lowest BCUT2D eigenvalue weighted by Crippen LogP contribution is -2.37. The third-order valence-corrected chi connectivity index (χ3v) is 6.33. The van der Waals surface area contributed by atoms with E-state index in [0.717, 1.165) is 19.4 Å².